The fraction of sp³-hybridized carbons (Fsp3) is 1.00. The highest BCUT2D eigenvalue weighted by molar-refractivity contribution is 4.71. The lowest BCUT2D eigenvalue weighted by Gasteiger charge is -2.05. The van der Waals surface area contributed by atoms with Crippen LogP contribution in [-0.2, 0) is 4.74 Å². The Kier molecular flexibility index (Phi) is 6.15. The second kappa shape index (κ2) is 7.30. The van der Waals surface area contributed by atoms with E-state index < -0.39 is 0 Å². The van der Waals surface area contributed by atoms with Crippen LogP contribution in [0.3, 0.4) is 0 Å². The highest BCUT2D eigenvalue weighted by atomic mass is 16.5. The quantitative estimate of drug-likeness (QED) is 0.518. The highest BCUT2D eigenvalue weighted by Crippen LogP contribution is 2.28. The minimum atomic E-state index is 0.864. The van der Waals surface area contributed by atoms with Gasteiger partial charge in [0.15, 0.2) is 0 Å². The van der Waals surface area contributed by atoms with E-state index in [0.717, 1.165) is 45.3 Å². The molecule has 3 nitrogen and oxygen atoms in total. The minimum Gasteiger partial charge on any atom is -0.380 e. The molecule has 0 aromatic carbocycles. The average molecular weight is 186 g/mol. The molecule has 0 saturated heterocycles. The van der Waals surface area contributed by atoms with E-state index >= 15 is 0 Å². The van der Waals surface area contributed by atoms with E-state index in [0.29, 0.717) is 0 Å². The largest absolute Gasteiger partial charge is 0.380 e. The molecular formula is C10H22N2O. The van der Waals surface area contributed by atoms with Crippen molar-refractivity contribution < 1.29 is 4.74 Å². The van der Waals surface area contributed by atoms with Gasteiger partial charge >= 0.3 is 0 Å². The highest BCUT2D eigenvalue weighted by Gasteiger charge is 2.20. The van der Waals surface area contributed by atoms with Crippen molar-refractivity contribution in [3.63, 3.8) is 0 Å². The Morgan fingerprint density at radius 1 is 1.15 bits per heavy atom. The maximum atomic E-state index is 5.48. The summed E-state index contributed by atoms with van der Waals surface area (Å²) in [6.07, 6.45) is 2.77. The van der Waals surface area contributed by atoms with E-state index in [1.807, 2.05) is 0 Å². The van der Waals surface area contributed by atoms with Crippen LogP contribution in [-0.4, -0.2) is 39.4 Å². The second-order valence-corrected chi connectivity index (χ2v) is 3.62. The summed E-state index contributed by atoms with van der Waals surface area (Å²) < 4.78 is 5.48. The molecule has 3 heteroatoms. The topological polar surface area (TPSA) is 33.3 Å². The van der Waals surface area contributed by atoms with Crippen LogP contribution < -0.4 is 10.6 Å². The maximum Gasteiger partial charge on any atom is 0.0591 e. The Bertz CT molecular complexity index is 115. The van der Waals surface area contributed by atoms with E-state index in [-0.39, 0.29) is 0 Å². The van der Waals surface area contributed by atoms with Crippen LogP contribution in [0.1, 0.15) is 19.8 Å². The smallest absolute Gasteiger partial charge is 0.0591 e. The van der Waals surface area contributed by atoms with Crippen LogP contribution in [0.4, 0.5) is 0 Å². The van der Waals surface area contributed by atoms with Crippen LogP contribution in [0.15, 0.2) is 0 Å². The van der Waals surface area contributed by atoms with Crippen molar-refractivity contribution in [3.05, 3.63) is 0 Å². The molecule has 0 spiro atoms. The van der Waals surface area contributed by atoms with Crippen molar-refractivity contribution in [2.45, 2.75) is 19.8 Å². The zero-order valence-corrected chi connectivity index (χ0v) is 8.64. The number of rotatable bonds is 9. The van der Waals surface area contributed by atoms with Crippen molar-refractivity contribution in [1.82, 2.24) is 10.6 Å². The number of hydrogen-bond donors (Lipinski definition) is 2. The first kappa shape index (κ1) is 11.0. The molecule has 2 N–H and O–H groups in total. The lowest BCUT2D eigenvalue weighted by molar-refractivity contribution is 0.126. The molecule has 1 saturated carbocycles. The van der Waals surface area contributed by atoms with Gasteiger partial charge in [0.25, 0.3) is 0 Å². The Balaban J connectivity index is 1.63. The van der Waals surface area contributed by atoms with Crippen LogP contribution in [0.25, 0.3) is 0 Å². The predicted octanol–water partition coefficient (Wildman–Crippen LogP) is 0.612. The molecule has 0 aromatic rings. The number of hydrogen-bond acceptors (Lipinski definition) is 3. The Labute approximate surface area is 81.2 Å². The third kappa shape index (κ3) is 6.99. The first-order valence-electron chi connectivity index (χ1n) is 5.42. The van der Waals surface area contributed by atoms with Gasteiger partial charge in [-0.05, 0) is 25.3 Å². The molecule has 0 radical (unpaired) electrons. The molecule has 0 unspecified atom stereocenters. The summed E-state index contributed by atoms with van der Waals surface area (Å²) in [6, 6.07) is 0. The second-order valence-electron chi connectivity index (χ2n) is 3.62. The molecular weight excluding hydrogens is 164 g/mol. The third-order valence-electron chi connectivity index (χ3n) is 2.20. The van der Waals surface area contributed by atoms with Gasteiger partial charge in [-0.25, -0.2) is 0 Å². The van der Waals surface area contributed by atoms with Gasteiger partial charge in [0.1, 0.15) is 0 Å². The van der Waals surface area contributed by atoms with Gasteiger partial charge in [-0.3, -0.25) is 0 Å². The summed E-state index contributed by atoms with van der Waals surface area (Å²) >= 11 is 0. The normalized spacial score (nSPS) is 16.4. The summed E-state index contributed by atoms with van der Waals surface area (Å²) in [4.78, 5) is 0. The molecule has 0 aliphatic heterocycles. The monoisotopic (exact) mass is 186 g/mol. The maximum absolute atomic E-state index is 5.48. The molecule has 1 aliphatic carbocycles. The van der Waals surface area contributed by atoms with E-state index in [2.05, 4.69) is 17.6 Å². The van der Waals surface area contributed by atoms with Crippen LogP contribution in [0.5, 0.6) is 0 Å². The summed E-state index contributed by atoms with van der Waals surface area (Å²) in [5, 5.41) is 6.59. The minimum absolute atomic E-state index is 0.864. The van der Waals surface area contributed by atoms with Gasteiger partial charge < -0.3 is 15.4 Å². The van der Waals surface area contributed by atoms with Crippen LogP contribution >= 0.6 is 0 Å². The Morgan fingerprint density at radius 3 is 2.62 bits per heavy atom. The summed E-state index contributed by atoms with van der Waals surface area (Å²) in [5.74, 6) is 0.891. The fourth-order valence-corrected chi connectivity index (χ4v) is 1.16. The lowest BCUT2D eigenvalue weighted by atomic mass is 10.5. The Morgan fingerprint density at radius 2 is 1.92 bits per heavy atom. The van der Waals surface area contributed by atoms with Crippen molar-refractivity contribution in [2.75, 3.05) is 39.4 Å². The summed E-state index contributed by atoms with van der Waals surface area (Å²) in [7, 11) is 0. The van der Waals surface area contributed by atoms with Gasteiger partial charge in [0, 0.05) is 26.2 Å². The fourth-order valence-electron chi connectivity index (χ4n) is 1.16. The van der Waals surface area contributed by atoms with E-state index in [1.54, 1.807) is 0 Å². The van der Waals surface area contributed by atoms with E-state index in [9.17, 15) is 0 Å². The summed E-state index contributed by atoms with van der Waals surface area (Å²) in [6.45, 7) is 8.11. The van der Waals surface area contributed by atoms with Crippen molar-refractivity contribution in [2.24, 2.45) is 5.92 Å². The molecule has 0 heterocycles. The molecule has 0 amide bonds. The van der Waals surface area contributed by atoms with Gasteiger partial charge in [-0.1, -0.05) is 6.92 Å². The molecule has 1 fully saturated rings. The summed E-state index contributed by atoms with van der Waals surface area (Å²) in [5.41, 5.74) is 0. The Hall–Kier alpha value is -0.120. The standard InChI is InChI=1S/C10H22N2O/c1-2-11-5-6-12-7-8-13-9-10-3-4-10/h10-12H,2-9H2,1H3. The van der Waals surface area contributed by atoms with Gasteiger partial charge in [0.2, 0.25) is 0 Å². The molecule has 0 aromatic heterocycles. The number of ether oxygens (including phenoxy) is 1. The first-order chi connectivity index (χ1) is 6.43. The predicted molar refractivity (Wildman–Crippen MR) is 55.0 cm³/mol. The molecule has 78 valence electrons. The van der Waals surface area contributed by atoms with Crippen molar-refractivity contribution >= 4 is 0 Å². The first-order valence-corrected chi connectivity index (χ1v) is 5.42. The molecule has 1 aliphatic rings. The van der Waals surface area contributed by atoms with Crippen molar-refractivity contribution in [1.29, 1.82) is 0 Å². The van der Waals surface area contributed by atoms with Crippen molar-refractivity contribution in [3.8, 4) is 0 Å². The lowest BCUT2D eigenvalue weighted by Crippen LogP contribution is -2.29. The molecule has 0 bridgehead atoms. The molecule has 0 atom stereocenters. The third-order valence-corrected chi connectivity index (χ3v) is 2.20. The molecule has 13 heavy (non-hydrogen) atoms. The van der Waals surface area contributed by atoms with Gasteiger partial charge in [-0.15, -0.1) is 0 Å². The average Bonchev–Trinajstić information content (AvgIpc) is 2.93. The van der Waals surface area contributed by atoms with Gasteiger partial charge in [-0.2, -0.15) is 0 Å². The van der Waals surface area contributed by atoms with Crippen LogP contribution in [0.2, 0.25) is 0 Å². The van der Waals surface area contributed by atoms with E-state index in [4.69, 9.17) is 4.74 Å². The van der Waals surface area contributed by atoms with Gasteiger partial charge in [0.05, 0.1) is 6.61 Å². The number of nitrogens with one attached hydrogen (secondary N) is 2. The number of likely N-dealkylation sites (N-methyl/N-ethyl adjacent to an activating group) is 1. The zero-order valence-electron chi connectivity index (χ0n) is 8.64. The molecule has 1 rings (SSSR count). The SMILES string of the molecule is CCNCCNCCOCC1CC1. The van der Waals surface area contributed by atoms with Crippen LogP contribution in [0, 0.1) is 5.92 Å². The van der Waals surface area contributed by atoms with E-state index in [1.165, 1.54) is 12.8 Å². The zero-order chi connectivity index (χ0) is 9.36.